The summed E-state index contributed by atoms with van der Waals surface area (Å²) in [5.41, 5.74) is 1.02. The Kier molecular flexibility index (Phi) is 2.82. The van der Waals surface area contributed by atoms with E-state index in [0.717, 1.165) is 17.9 Å². The molecule has 0 bridgehead atoms. The van der Waals surface area contributed by atoms with Gasteiger partial charge < -0.3 is 9.64 Å². The standard InChI is InChI=1S/C10H14N4O/c1-14-5-3-4-8(6-14)10-11-9(7-15-2)12-13-10/h3-4,6H,5,7H2,1-2H3,(H,11,12,13). The zero-order valence-corrected chi connectivity index (χ0v) is 8.90. The summed E-state index contributed by atoms with van der Waals surface area (Å²) in [6, 6.07) is 0. The molecule has 2 heterocycles. The Hall–Kier alpha value is -1.62. The summed E-state index contributed by atoms with van der Waals surface area (Å²) < 4.78 is 4.97. The van der Waals surface area contributed by atoms with Crippen LogP contribution in [0, 0.1) is 0 Å². The van der Waals surface area contributed by atoms with Crippen molar-refractivity contribution in [2.75, 3.05) is 20.7 Å². The summed E-state index contributed by atoms with van der Waals surface area (Å²) in [5.74, 6) is 1.46. The smallest absolute Gasteiger partial charge is 0.182 e. The van der Waals surface area contributed by atoms with Crippen molar-refractivity contribution in [2.45, 2.75) is 6.61 Å². The number of H-pyrrole nitrogens is 1. The van der Waals surface area contributed by atoms with E-state index in [1.807, 2.05) is 19.3 Å². The van der Waals surface area contributed by atoms with E-state index in [1.165, 1.54) is 0 Å². The van der Waals surface area contributed by atoms with Gasteiger partial charge in [0.1, 0.15) is 6.61 Å². The Morgan fingerprint density at radius 1 is 1.60 bits per heavy atom. The molecule has 0 atom stereocenters. The summed E-state index contributed by atoms with van der Waals surface area (Å²) in [6.45, 7) is 1.39. The van der Waals surface area contributed by atoms with Crippen molar-refractivity contribution in [2.24, 2.45) is 0 Å². The highest BCUT2D eigenvalue weighted by atomic mass is 16.5. The van der Waals surface area contributed by atoms with Crippen LogP contribution in [0.1, 0.15) is 11.6 Å². The minimum atomic E-state index is 0.458. The third-order valence-corrected chi connectivity index (χ3v) is 2.12. The second kappa shape index (κ2) is 4.27. The molecule has 1 aliphatic heterocycles. The number of rotatable bonds is 3. The molecule has 1 N–H and O–H groups in total. The molecule has 15 heavy (non-hydrogen) atoms. The number of aromatic nitrogens is 3. The van der Waals surface area contributed by atoms with E-state index < -0.39 is 0 Å². The molecule has 80 valence electrons. The average molecular weight is 206 g/mol. The van der Waals surface area contributed by atoms with E-state index in [0.29, 0.717) is 12.4 Å². The van der Waals surface area contributed by atoms with Gasteiger partial charge in [-0.25, -0.2) is 4.98 Å². The van der Waals surface area contributed by atoms with Crippen LogP contribution in [0.5, 0.6) is 0 Å². The fourth-order valence-corrected chi connectivity index (χ4v) is 1.44. The molecule has 0 saturated carbocycles. The first kappa shape index (κ1) is 9.92. The number of nitrogens with one attached hydrogen (secondary N) is 1. The predicted octanol–water partition coefficient (Wildman–Crippen LogP) is 0.794. The van der Waals surface area contributed by atoms with Gasteiger partial charge in [0.15, 0.2) is 11.6 Å². The van der Waals surface area contributed by atoms with Crippen molar-refractivity contribution in [3.05, 3.63) is 30.0 Å². The topological polar surface area (TPSA) is 54.0 Å². The monoisotopic (exact) mass is 206 g/mol. The van der Waals surface area contributed by atoms with Crippen molar-refractivity contribution < 1.29 is 4.74 Å². The number of aromatic amines is 1. The van der Waals surface area contributed by atoms with Gasteiger partial charge in [0.25, 0.3) is 0 Å². The van der Waals surface area contributed by atoms with Gasteiger partial charge in [-0.15, -0.1) is 0 Å². The Labute approximate surface area is 88.5 Å². The van der Waals surface area contributed by atoms with E-state index in [2.05, 4.69) is 26.2 Å². The molecule has 0 saturated heterocycles. The molecule has 5 nitrogen and oxygen atoms in total. The molecule has 0 spiro atoms. The van der Waals surface area contributed by atoms with Gasteiger partial charge >= 0.3 is 0 Å². The van der Waals surface area contributed by atoms with Crippen LogP contribution < -0.4 is 0 Å². The van der Waals surface area contributed by atoms with Crippen LogP contribution in [0.2, 0.25) is 0 Å². The highest BCUT2D eigenvalue weighted by Crippen LogP contribution is 2.15. The van der Waals surface area contributed by atoms with Crippen molar-refractivity contribution in [3.8, 4) is 0 Å². The van der Waals surface area contributed by atoms with Gasteiger partial charge in [-0.1, -0.05) is 12.2 Å². The van der Waals surface area contributed by atoms with Gasteiger partial charge in [0.05, 0.1) is 0 Å². The Morgan fingerprint density at radius 2 is 2.47 bits per heavy atom. The number of likely N-dealkylation sites (N-methyl/N-ethyl adjacent to an activating group) is 1. The molecule has 1 aliphatic rings. The highest BCUT2D eigenvalue weighted by molar-refractivity contribution is 5.69. The van der Waals surface area contributed by atoms with Gasteiger partial charge in [0, 0.05) is 32.5 Å². The van der Waals surface area contributed by atoms with Gasteiger partial charge in [-0.05, 0) is 0 Å². The molecule has 2 rings (SSSR count). The second-order valence-corrected chi connectivity index (χ2v) is 3.47. The second-order valence-electron chi connectivity index (χ2n) is 3.47. The molecule has 0 unspecified atom stereocenters. The third-order valence-electron chi connectivity index (χ3n) is 2.12. The van der Waals surface area contributed by atoms with Gasteiger partial charge in [0.2, 0.25) is 0 Å². The van der Waals surface area contributed by atoms with Crippen LogP contribution in [0.25, 0.3) is 5.57 Å². The first-order valence-corrected chi connectivity index (χ1v) is 4.79. The fraction of sp³-hybridized carbons (Fsp3) is 0.400. The van der Waals surface area contributed by atoms with Crippen LogP contribution in [-0.2, 0) is 11.3 Å². The maximum atomic E-state index is 4.97. The van der Waals surface area contributed by atoms with Crippen molar-refractivity contribution in [1.29, 1.82) is 0 Å². The van der Waals surface area contributed by atoms with Crippen molar-refractivity contribution in [1.82, 2.24) is 20.1 Å². The Balaban J connectivity index is 2.18. The lowest BCUT2D eigenvalue weighted by atomic mass is 10.2. The van der Waals surface area contributed by atoms with Gasteiger partial charge in [-0.2, -0.15) is 5.10 Å². The van der Waals surface area contributed by atoms with E-state index >= 15 is 0 Å². The summed E-state index contributed by atoms with van der Waals surface area (Å²) in [6.07, 6.45) is 6.14. The molecule has 1 aromatic rings. The molecule has 1 aromatic heterocycles. The molecule has 5 heteroatoms. The first-order valence-electron chi connectivity index (χ1n) is 4.79. The zero-order chi connectivity index (χ0) is 10.7. The molecule has 0 amide bonds. The third kappa shape index (κ3) is 2.24. The summed E-state index contributed by atoms with van der Waals surface area (Å²) in [5, 5.41) is 6.97. The average Bonchev–Trinajstić information content (AvgIpc) is 2.67. The number of hydrogen-bond acceptors (Lipinski definition) is 4. The maximum Gasteiger partial charge on any atom is 0.182 e. The maximum absolute atomic E-state index is 4.97. The fourth-order valence-electron chi connectivity index (χ4n) is 1.44. The number of methoxy groups -OCH3 is 1. The largest absolute Gasteiger partial charge is 0.377 e. The molecule has 0 fully saturated rings. The van der Waals surface area contributed by atoms with E-state index in [4.69, 9.17) is 4.74 Å². The Morgan fingerprint density at radius 3 is 3.20 bits per heavy atom. The summed E-state index contributed by atoms with van der Waals surface area (Å²) >= 11 is 0. The predicted molar refractivity (Wildman–Crippen MR) is 56.8 cm³/mol. The van der Waals surface area contributed by atoms with E-state index in [-0.39, 0.29) is 0 Å². The molecule has 0 radical (unpaired) electrons. The molecule has 0 aromatic carbocycles. The lowest BCUT2D eigenvalue weighted by Gasteiger charge is -2.15. The lowest BCUT2D eigenvalue weighted by Crippen LogP contribution is -2.13. The number of ether oxygens (including phenoxy) is 1. The minimum absolute atomic E-state index is 0.458. The summed E-state index contributed by atoms with van der Waals surface area (Å²) in [4.78, 5) is 6.41. The molecule has 0 aliphatic carbocycles. The SMILES string of the molecule is COCc1nc(C2=CN(C)CC=C2)n[nH]1. The van der Waals surface area contributed by atoms with Crippen LogP contribution in [0.4, 0.5) is 0 Å². The quantitative estimate of drug-likeness (QED) is 0.794. The van der Waals surface area contributed by atoms with Crippen LogP contribution in [0.3, 0.4) is 0 Å². The van der Waals surface area contributed by atoms with Gasteiger partial charge in [-0.3, -0.25) is 5.10 Å². The van der Waals surface area contributed by atoms with Crippen molar-refractivity contribution >= 4 is 5.57 Å². The van der Waals surface area contributed by atoms with Crippen LogP contribution >= 0.6 is 0 Å². The Bertz CT molecular complexity index is 394. The van der Waals surface area contributed by atoms with Crippen molar-refractivity contribution in [3.63, 3.8) is 0 Å². The van der Waals surface area contributed by atoms with E-state index in [1.54, 1.807) is 7.11 Å². The number of allylic oxidation sites excluding steroid dienone is 2. The highest BCUT2D eigenvalue weighted by Gasteiger charge is 2.09. The molecular formula is C10H14N4O. The van der Waals surface area contributed by atoms with Crippen LogP contribution in [-0.4, -0.2) is 40.8 Å². The first-order chi connectivity index (χ1) is 7.29. The number of nitrogens with zero attached hydrogens (tertiary/aromatic N) is 3. The van der Waals surface area contributed by atoms with Crippen LogP contribution in [0.15, 0.2) is 18.4 Å². The summed E-state index contributed by atoms with van der Waals surface area (Å²) in [7, 11) is 3.65. The normalized spacial score (nSPS) is 15.6. The lowest BCUT2D eigenvalue weighted by molar-refractivity contribution is 0.178. The minimum Gasteiger partial charge on any atom is -0.377 e. The zero-order valence-electron chi connectivity index (χ0n) is 8.90. The molecular weight excluding hydrogens is 192 g/mol. The number of hydrogen-bond donors (Lipinski definition) is 1. The van der Waals surface area contributed by atoms with E-state index in [9.17, 15) is 0 Å².